The molecule has 7 heteroatoms. The number of hydrogen-bond donors (Lipinski definition) is 3. The Bertz CT molecular complexity index is 466. The summed E-state index contributed by atoms with van der Waals surface area (Å²) < 4.78 is 5.42. The number of carboxylic acid groups (broad SMARTS) is 1. The molecule has 7 nitrogen and oxygen atoms in total. The number of rotatable bonds is 3. The van der Waals surface area contributed by atoms with Crippen molar-refractivity contribution in [2.75, 3.05) is 26.0 Å². The summed E-state index contributed by atoms with van der Waals surface area (Å²) >= 11 is 0. The number of carbonyl (C=O) groups excluding carboxylic acids is 1. The first-order valence-corrected chi connectivity index (χ1v) is 5.06. The third-order valence-electron chi connectivity index (χ3n) is 2.39. The Labute approximate surface area is 97.4 Å². The van der Waals surface area contributed by atoms with Crippen molar-refractivity contribution in [3.8, 4) is 5.75 Å². The molecule has 1 amide bonds. The van der Waals surface area contributed by atoms with Crippen molar-refractivity contribution in [1.82, 2.24) is 9.88 Å². The lowest BCUT2D eigenvalue weighted by Gasteiger charge is -2.26. The molecule has 0 saturated heterocycles. The van der Waals surface area contributed by atoms with Crippen LogP contribution in [0.25, 0.3) is 0 Å². The van der Waals surface area contributed by atoms with Crippen LogP contribution in [0.4, 0.5) is 5.69 Å². The molecule has 1 aromatic heterocycles. The van der Waals surface area contributed by atoms with Crippen molar-refractivity contribution in [2.24, 2.45) is 0 Å². The topological polar surface area (TPSA) is 94.7 Å². The first-order valence-electron chi connectivity index (χ1n) is 5.06. The minimum atomic E-state index is -1.12. The van der Waals surface area contributed by atoms with Crippen LogP contribution in [-0.2, 0) is 4.79 Å². The molecule has 17 heavy (non-hydrogen) atoms. The van der Waals surface area contributed by atoms with Crippen molar-refractivity contribution in [1.29, 1.82) is 0 Å². The first kappa shape index (κ1) is 11.5. The van der Waals surface area contributed by atoms with Gasteiger partial charge in [-0.2, -0.15) is 0 Å². The molecule has 2 heterocycles. The summed E-state index contributed by atoms with van der Waals surface area (Å²) in [4.78, 5) is 26.9. The van der Waals surface area contributed by atoms with Gasteiger partial charge in [-0.15, -0.1) is 0 Å². The molecule has 1 aliphatic rings. The normalized spacial score (nSPS) is 18.5. The van der Waals surface area contributed by atoms with E-state index in [2.05, 4.69) is 10.3 Å². The summed E-state index contributed by atoms with van der Waals surface area (Å²) in [6.45, 7) is 0.384. The van der Waals surface area contributed by atoms with Gasteiger partial charge in [-0.1, -0.05) is 0 Å². The summed E-state index contributed by atoms with van der Waals surface area (Å²) in [7, 11) is 3.61. The lowest BCUT2D eigenvalue weighted by Crippen LogP contribution is -2.43. The molecule has 0 radical (unpaired) electrons. The number of carboxylic acids is 1. The Hall–Kier alpha value is -2.02. The maximum Gasteiger partial charge on any atom is 0.356 e. The van der Waals surface area contributed by atoms with Crippen molar-refractivity contribution < 1.29 is 19.4 Å². The molecule has 0 aromatic carbocycles. The summed E-state index contributed by atoms with van der Waals surface area (Å²) in [6.07, 6.45) is 0.703. The zero-order valence-corrected chi connectivity index (χ0v) is 9.48. The smallest absolute Gasteiger partial charge is 0.356 e. The van der Waals surface area contributed by atoms with Gasteiger partial charge in [0.05, 0.1) is 0 Å². The van der Waals surface area contributed by atoms with Gasteiger partial charge < -0.3 is 25.0 Å². The minimum absolute atomic E-state index is 0.0521. The van der Waals surface area contributed by atoms with E-state index >= 15 is 0 Å². The predicted molar refractivity (Wildman–Crippen MR) is 59.4 cm³/mol. The number of aromatic amines is 1. The standard InChI is InChI=1S/C10H13N3O4/c1-13(2)4-6-9(14)12-5-3-11-7(10(15)16)8(5)17-6/h3,6,11H,4H2,1-2H3,(H,12,14)(H,15,16). The zero-order chi connectivity index (χ0) is 12.6. The number of aromatic carboxylic acids is 1. The van der Waals surface area contributed by atoms with Gasteiger partial charge in [0.15, 0.2) is 17.5 Å². The van der Waals surface area contributed by atoms with Gasteiger partial charge in [-0.3, -0.25) is 4.79 Å². The summed E-state index contributed by atoms with van der Waals surface area (Å²) in [5.41, 5.74) is 0.311. The Kier molecular flexibility index (Phi) is 2.76. The van der Waals surface area contributed by atoms with E-state index in [0.717, 1.165) is 0 Å². The highest BCUT2D eigenvalue weighted by Crippen LogP contribution is 2.33. The lowest BCUT2D eigenvalue weighted by molar-refractivity contribution is -0.124. The van der Waals surface area contributed by atoms with Gasteiger partial charge in [-0.25, -0.2) is 4.79 Å². The fourth-order valence-electron chi connectivity index (χ4n) is 1.65. The minimum Gasteiger partial charge on any atom is -0.476 e. The Morgan fingerprint density at radius 1 is 1.59 bits per heavy atom. The number of anilines is 1. The monoisotopic (exact) mass is 239 g/mol. The molecule has 0 spiro atoms. The predicted octanol–water partition coefficient (Wildman–Crippen LogP) is -0.0260. The Balaban J connectivity index is 2.28. The molecule has 1 unspecified atom stereocenters. The second kappa shape index (κ2) is 4.10. The second-order valence-electron chi connectivity index (χ2n) is 4.07. The van der Waals surface area contributed by atoms with E-state index in [1.165, 1.54) is 6.20 Å². The van der Waals surface area contributed by atoms with Crippen LogP contribution in [-0.4, -0.2) is 53.6 Å². The van der Waals surface area contributed by atoms with E-state index in [9.17, 15) is 9.59 Å². The number of H-pyrrole nitrogens is 1. The molecule has 0 bridgehead atoms. The quantitative estimate of drug-likeness (QED) is 0.688. The molecule has 2 rings (SSSR count). The van der Waals surface area contributed by atoms with Gasteiger partial charge in [0.1, 0.15) is 5.69 Å². The maximum absolute atomic E-state index is 11.6. The van der Waals surface area contributed by atoms with E-state index < -0.39 is 12.1 Å². The van der Waals surface area contributed by atoms with Gasteiger partial charge >= 0.3 is 5.97 Å². The molecule has 0 aliphatic carbocycles. The van der Waals surface area contributed by atoms with Gasteiger partial charge in [0.25, 0.3) is 5.91 Å². The van der Waals surface area contributed by atoms with Crippen LogP contribution in [0.15, 0.2) is 6.20 Å². The van der Waals surface area contributed by atoms with E-state index in [4.69, 9.17) is 9.84 Å². The van der Waals surface area contributed by atoms with E-state index in [0.29, 0.717) is 12.2 Å². The molecule has 0 saturated carbocycles. The number of aromatic nitrogens is 1. The van der Waals surface area contributed by atoms with Crippen molar-refractivity contribution >= 4 is 17.6 Å². The number of nitrogens with zero attached hydrogens (tertiary/aromatic N) is 1. The van der Waals surface area contributed by atoms with Crippen molar-refractivity contribution in [3.05, 3.63) is 11.9 Å². The number of fused-ring (bicyclic) bond motifs is 1. The molecule has 0 fully saturated rings. The molecule has 3 N–H and O–H groups in total. The molecule has 1 aliphatic heterocycles. The molecular weight excluding hydrogens is 226 g/mol. The third kappa shape index (κ3) is 2.09. The molecule has 1 atom stereocenters. The Morgan fingerprint density at radius 2 is 2.29 bits per heavy atom. The van der Waals surface area contributed by atoms with Gasteiger partial charge in [0, 0.05) is 12.7 Å². The van der Waals surface area contributed by atoms with Gasteiger partial charge in [-0.05, 0) is 14.1 Å². The van der Waals surface area contributed by atoms with Crippen LogP contribution < -0.4 is 10.1 Å². The number of amides is 1. The number of carbonyl (C=O) groups is 2. The Morgan fingerprint density at radius 3 is 2.88 bits per heavy atom. The summed E-state index contributed by atoms with van der Waals surface area (Å²) in [5.74, 6) is -1.21. The largest absolute Gasteiger partial charge is 0.476 e. The van der Waals surface area contributed by atoms with Gasteiger partial charge in [0.2, 0.25) is 0 Å². The lowest BCUT2D eigenvalue weighted by atomic mass is 10.2. The average molecular weight is 239 g/mol. The van der Waals surface area contributed by atoms with Crippen molar-refractivity contribution in [3.63, 3.8) is 0 Å². The fourth-order valence-corrected chi connectivity index (χ4v) is 1.65. The second-order valence-corrected chi connectivity index (χ2v) is 4.07. The van der Waals surface area contributed by atoms with Crippen LogP contribution in [0, 0.1) is 0 Å². The molecular formula is C10H13N3O4. The highest BCUT2D eigenvalue weighted by Gasteiger charge is 2.32. The fraction of sp³-hybridized carbons (Fsp3) is 0.400. The number of nitrogens with one attached hydrogen (secondary N) is 2. The average Bonchev–Trinajstić information content (AvgIpc) is 2.60. The highest BCUT2D eigenvalue weighted by molar-refractivity contribution is 6.01. The third-order valence-corrected chi connectivity index (χ3v) is 2.39. The van der Waals surface area contributed by atoms with Crippen LogP contribution in [0.1, 0.15) is 10.5 Å². The van der Waals surface area contributed by atoms with E-state index in [1.54, 1.807) is 19.0 Å². The number of hydrogen-bond acceptors (Lipinski definition) is 4. The van der Waals surface area contributed by atoms with Crippen LogP contribution >= 0.6 is 0 Å². The number of ether oxygens (including phenoxy) is 1. The maximum atomic E-state index is 11.6. The van der Waals surface area contributed by atoms with E-state index in [-0.39, 0.29) is 17.4 Å². The first-order chi connectivity index (χ1) is 7.99. The summed E-state index contributed by atoms with van der Waals surface area (Å²) in [6, 6.07) is 0. The van der Waals surface area contributed by atoms with Crippen LogP contribution in [0.3, 0.4) is 0 Å². The van der Waals surface area contributed by atoms with Crippen molar-refractivity contribution in [2.45, 2.75) is 6.10 Å². The molecule has 1 aromatic rings. The zero-order valence-electron chi connectivity index (χ0n) is 9.48. The summed E-state index contributed by atoms with van der Waals surface area (Å²) in [5, 5.41) is 11.5. The van der Waals surface area contributed by atoms with E-state index in [1.807, 2.05) is 0 Å². The highest BCUT2D eigenvalue weighted by atomic mass is 16.5. The molecule has 92 valence electrons. The number of likely N-dealkylation sites (N-methyl/N-ethyl adjacent to an activating group) is 1. The van der Waals surface area contributed by atoms with Crippen LogP contribution in [0.2, 0.25) is 0 Å². The van der Waals surface area contributed by atoms with Crippen LogP contribution in [0.5, 0.6) is 5.75 Å². The SMILES string of the molecule is CN(C)CC1Oc2c(c[nH]c2C(=O)O)NC1=O.